The summed E-state index contributed by atoms with van der Waals surface area (Å²) in [6.45, 7) is 2.74. The van der Waals surface area contributed by atoms with Gasteiger partial charge in [-0.15, -0.1) is 0 Å². The molecule has 4 heteroatoms. The Morgan fingerprint density at radius 1 is 1.33 bits per heavy atom. The fourth-order valence-corrected chi connectivity index (χ4v) is 1.56. The zero-order valence-corrected chi connectivity index (χ0v) is 10.3. The second-order valence-electron chi connectivity index (χ2n) is 4.01. The molecule has 1 aromatic carbocycles. The first-order chi connectivity index (χ1) is 8.81. The number of aromatic nitrogens is 1. The average molecular weight is 244 g/mol. The topological polar surface area (TPSA) is 55.1 Å². The van der Waals surface area contributed by atoms with Crippen molar-refractivity contribution in [3.05, 3.63) is 42.3 Å². The Bertz CT molecular complexity index is 506. The van der Waals surface area contributed by atoms with Crippen molar-refractivity contribution in [3.8, 4) is 11.5 Å². The van der Waals surface area contributed by atoms with Crippen LogP contribution in [0.5, 0.6) is 0 Å². The summed E-state index contributed by atoms with van der Waals surface area (Å²) in [5, 5.41) is 2.79. The van der Waals surface area contributed by atoms with Gasteiger partial charge in [0.25, 0.3) is 5.91 Å². The highest BCUT2D eigenvalue weighted by Gasteiger charge is 2.12. The van der Waals surface area contributed by atoms with Crippen LogP contribution in [0.4, 0.5) is 0 Å². The minimum Gasteiger partial charge on any atom is -0.431 e. The smallest absolute Gasteiger partial charge is 0.288 e. The largest absolute Gasteiger partial charge is 0.431 e. The summed E-state index contributed by atoms with van der Waals surface area (Å²) < 4.78 is 5.44. The zero-order chi connectivity index (χ0) is 12.8. The van der Waals surface area contributed by atoms with Gasteiger partial charge < -0.3 is 9.73 Å². The Labute approximate surface area is 106 Å². The third-order valence-corrected chi connectivity index (χ3v) is 2.57. The molecule has 0 spiro atoms. The predicted molar refractivity (Wildman–Crippen MR) is 69.2 cm³/mol. The highest BCUT2D eigenvalue weighted by molar-refractivity contribution is 5.91. The molecule has 0 fully saturated rings. The van der Waals surface area contributed by atoms with E-state index in [1.807, 2.05) is 30.3 Å². The van der Waals surface area contributed by atoms with Gasteiger partial charge in [0.2, 0.25) is 11.7 Å². The van der Waals surface area contributed by atoms with E-state index < -0.39 is 0 Å². The van der Waals surface area contributed by atoms with E-state index in [1.54, 1.807) is 0 Å². The van der Waals surface area contributed by atoms with Gasteiger partial charge in [-0.25, -0.2) is 4.98 Å². The third kappa shape index (κ3) is 2.97. The monoisotopic (exact) mass is 244 g/mol. The van der Waals surface area contributed by atoms with E-state index in [4.69, 9.17) is 4.42 Å². The number of rotatable bonds is 5. The van der Waals surface area contributed by atoms with Crippen LogP contribution in [0.3, 0.4) is 0 Å². The van der Waals surface area contributed by atoms with Crippen LogP contribution in [0.1, 0.15) is 30.3 Å². The summed E-state index contributed by atoms with van der Waals surface area (Å²) >= 11 is 0. The van der Waals surface area contributed by atoms with Gasteiger partial charge in [0, 0.05) is 12.1 Å². The quantitative estimate of drug-likeness (QED) is 0.823. The van der Waals surface area contributed by atoms with Gasteiger partial charge >= 0.3 is 0 Å². The van der Waals surface area contributed by atoms with E-state index in [0.717, 1.165) is 18.4 Å². The molecule has 4 nitrogen and oxygen atoms in total. The predicted octanol–water partition coefficient (Wildman–Crippen LogP) is 2.87. The lowest BCUT2D eigenvalue weighted by Crippen LogP contribution is -2.23. The molecule has 0 aliphatic heterocycles. The molecule has 0 bridgehead atoms. The molecular weight excluding hydrogens is 228 g/mol. The molecule has 0 unspecified atom stereocenters. The first-order valence-electron chi connectivity index (χ1n) is 6.10. The molecule has 0 radical (unpaired) electrons. The number of amides is 1. The lowest BCUT2D eigenvalue weighted by molar-refractivity contribution is 0.0926. The highest BCUT2D eigenvalue weighted by Crippen LogP contribution is 2.18. The van der Waals surface area contributed by atoms with Gasteiger partial charge in [0.15, 0.2) is 0 Å². The van der Waals surface area contributed by atoms with E-state index in [0.29, 0.717) is 12.4 Å². The van der Waals surface area contributed by atoms with E-state index in [9.17, 15) is 4.79 Å². The van der Waals surface area contributed by atoms with Crippen LogP contribution in [-0.2, 0) is 0 Å². The van der Waals surface area contributed by atoms with E-state index >= 15 is 0 Å². The molecule has 0 atom stereocenters. The van der Waals surface area contributed by atoms with E-state index in [2.05, 4.69) is 17.2 Å². The van der Waals surface area contributed by atoms with Crippen molar-refractivity contribution in [1.29, 1.82) is 0 Å². The molecule has 1 aromatic heterocycles. The number of carbonyl (C=O) groups excluding carboxylic acids is 1. The molecule has 1 amide bonds. The lowest BCUT2D eigenvalue weighted by atomic mass is 10.2. The summed E-state index contributed by atoms with van der Waals surface area (Å²) in [4.78, 5) is 15.8. The normalized spacial score (nSPS) is 10.3. The standard InChI is InChI=1S/C14H16N2O2/c1-2-3-9-15-13(17)12-10-16-14(18-12)11-7-5-4-6-8-11/h4-8,10H,2-3,9H2,1H3,(H,15,17). The molecular formula is C14H16N2O2. The molecule has 0 aliphatic carbocycles. The van der Waals surface area contributed by atoms with Gasteiger partial charge in [0.1, 0.15) is 0 Å². The molecule has 18 heavy (non-hydrogen) atoms. The lowest BCUT2D eigenvalue weighted by Gasteiger charge is -2.00. The Kier molecular flexibility index (Phi) is 4.12. The summed E-state index contributed by atoms with van der Waals surface area (Å²) in [5.41, 5.74) is 0.866. The maximum atomic E-state index is 11.7. The molecule has 94 valence electrons. The van der Waals surface area contributed by atoms with Crippen LogP contribution in [-0.4, -0.2) is 17.4 Å². The van der Waals surface area contributed by atoms with Crippen molar-refractivity contribution in [1.82, 2.24) is 10.3 Å². The fraction of sp³-hybridized carbons (Fsp3) is 0.286. The number of carbonyl (C=O) groups is 1. The van der Waals surface area contributed by atoms with E-state index in [1.165, 1.54) is 6.20 Å². The van der Waals surface area contributed by atoms with Crippen molar-refractivity contribution < 1.29 is 9.21 Å². The number of benzene rings is 1. The van der Waals surface area contributed by atoms with Gasteiger partial charge in [-0.05, 0) is 18.6 Å². The fourth-order valence-electron chi connectivity index (χ4n) is 1.56. The molecule has 2 aromatic rings. The third-order valence-electron chi connectivity index (χ3n) is 2.57. The Balaban J connectivity index is 2.04. The minimum absolute atomic E-state index is 0.210. The first kappa shape index (κ1) is 12.4. The second-order valence-corrected chi connectivity index (χ2v) is 4.01. The molecule has 1 heterocycles. The molecule has 0 saturated carbocycles. The van der Waals surface area contributed by atoms with Crippen LogP contribution in [0.2, 0.25) is 0 Å². The van der Waals surface area contributed by atoms with Crippen LogP contribution >= 0.6 is 0 Å². The molecule has 0 saturated heterocycles. The zero-order valence-electron chi connectivity index (χ0n) is 10.3. The second kappa shape index (κ2) is 6.00. The van der Waals surface area contributed by atoms with Crippen molar-refractivity contribution in [3.63, 3.8) is 0 Å². The SMILES string of the molecule is CCCCNC(=O)c1cnc(-c2ccccc2)o1. The Morgan fingerprint density at radius 3 is 2.83 bits per heavy atom. The summed E-state index contributed by atoms with van der Waals surface area (Å²) in [7, 11) is 0. The Morgan fingerprint density at radius 2 is 2.11 bits per heavy atom. The molecule has 2 rings (SSSR count). The van der Waals surface area contributed by atoms with Gasteiger partial charge in [-0.1, -0.05) is 31.5 Å². The maximum Gasteiger partial charge on any atom is 0.288 e. The van der Waals surface area contributed by atoms with Gasteiger partial charge in [-0.2, -0.15) is 0 Å². The van der Waals surface area contributed by atoms with Gasteiger partial charge in [-0.3, -0.25) is 4.79 Å². The number of nitrogens with one attached hydrogen (secondary N) is 1. The first-order valence-corrected chi connectivity index (χ1v) is 6.10. The van der Waals surface area contributed by atoms with Gasteiger partial charge in [0.05, 0.1) is 6.20 Å². The number of unbranched alkanes of at least 4 members (excludes halogenated alkanes) is 1. The van der Waals surface area contributed by atoms with E-state index in [-0.39, 0.29) is 11.7 Å². The summed E-state index contributed by atoms with van der Waals surface area (Å²) in [6.07, 6.45) is 3.47. The van der Waals surface area contributed by atoms with Crippen LogP contribution < -0.4 is 5.32 Å². The average Bonchev–Trinajstić information content (AvgIpc) is 2.89. The highest BCUT2D eigenvalue weighted by atomic mass is 16.4. The molecule has 1 N–H and O–H groups in total. The number of oxazole rings is 1. The van der Waals surface area contributed by atoms with Crippen molar-refractivity contribution >= 4 is 5.91 Å². The van der Waals surface area contributed by atoms with Crippen LogP contribution in [0, 0.1) is 0 Å². The number of hydrogen-bond donors (Lipinski definition) is 1. The van der Waals surface area contributed by atoms with Crippen molar-refractivity contribution in [2.45, 2.75) is 19.8 Å². The van der Waals surface area contributed by atoms with Crippen molar-refractivity contribution in [2.24, 2.45) is 0 Å². The summed E-state index contributed by atoms with van der Waals surface area (Å²) in [5.74, 6) is 0.513. The van der Waals surface area contributed by atoms with Crippen LogP contribution in [0.25, 0.3) is 11.5 Å². The summed E-state index contributed by atoms with van der Waals surface area (Å²) in [6, 6.07) is 9.51. The van der Waals surface area contributed by atoms with Crippen molar-refractivity contribution in [2.75, 3.05) is 6.54 Å². The number of nitrogens with zero attached hydrogens (tertiary/aromatic N) is 1. The maximum absolute atomic E-state index is 11.7. The minimum atomic E-state index is -0.210. The Hall–Kier alpha value is -2.10. The van der Waals surface area contributed by atoms with Crippen LogP contribution in [0.15, 0.2) is 40.9 Å². The molecule has 0 aliphatic rings. The number of hydrogen-bond acceptors (Lipinski definition) is 3.